The number of anilines is 1. The molecule has 0 saturated heterocycles. The van der Waals surface area contributed by atoms with Crippen LogP contribution >= 0.6 is 11.8 Å². The minimum absolute atomic E-state index is 0.0871. The quantitative estimate of drug-likeness (QED) is 0.646. The third-order valence-electron chi connectivity index (χ3n) is 3.69. The minimum atomic E-state index is -0.285. The van der Waals surface area contributed by atoms with E-state index < -0.39 is 0 Å². The molecule has 134 valence electrons. The van der Waals surface area contributed by atoms with Gasteiger partial charge in [0.2, 0.25) is 5.91 Å². The Morgan fingerprint density at radius 3 is 2.58 bits per heavy atom. The van der Waals surface area contributed by atoms with E-state index in [0.29, 0.717) is 11.8 Å². The lowest BCUT2D eigenvalue weighted by atomic mass is 10.2. The fraction of sp³-hybridized carbons (Fsp3) is 0.211. The zero-order valence-electron chi connectivity index (χ0n) is 14.6. The molecule has 0 radical (unpaired) electrons. The van der Waals surface area contributed by atoms with E-state index in [2.05, 4.69) is 15.5 Å². The Bertz CT molecular complexity index is 849. The lowest BCUT2D eigenvalue weighted by molar-refractivity contribution is -0.115. The number of amides is 1. The van der Waals surface area contributed by atoms with Gasteiger partial charge < -0.3 is 14.6 Å². The fourth-order valence-corrected chi connectivity index (χ4v) is 3.00. The molecule has 1 heterocycles. The molecule has 3 aromatic rings. The summed E-state index contributed by atoms with van der Waals surface area (Å²) in [6.07, 6.45) is 1.61. The number of benzene rings is 2. The number of nitrogens with zero attached hydrogens (tertiary/aromatic N) is 3. The second-order valence-electron chi connectivity index (χ2n) is 5.77. The number of nitrogens with one attached hydrogen (secondary N) is 1. The highest BCUT2D eigenvalue weighted by Crippen LogP contribution is 2.22. The molecule has 7 heteroatoms. The molecule has 0 saturated carbocycles. The van der Waals surface area contributed by atoms with Gasteiger partial charge >= 0.3 is 0 Å². The van der Waals surface area contributed by atoms with E-state index in [-0.39, 0.29) is 11.2 Å². The summed E-state index contributed by atoms with van der Waals surface area (Å²) >= 11 is 1.37. The van der Waals surface area contributed by atoms with Crippen LogP contribution in [0.5, 0.6) is 5.75 Å². The van der Waals surface area contributed by atoms with Crippen molar-refractivity contribution in [1.29, 1.82) is 0 Å². The van der Waals surface area contributed by atoms with Gasteiger partial charge in [0.15, 0.2) is 5.16 Å². The van der Waals surface area contributed by atoms with Crippen molar-refractivity contribution in [1.82, 2.24) is 14.8 Å². The number of ether oxygens (including phenoxy) is 1. The predicted octanol–water partition coefficient (Wildman–Crippen LogP) is 3.51. The summed E-state index contributed by atoms with van der Waals surface area (Å²) in [5.74, 6) is 0.671. The van der Waals surface area contributed by atoms with Crippen LogP contribution in [0.3, 0.4) is 0 Å². The number of hydrogen-bond donors (Lipinski definition) is 1. The van der Waals surface area contributed by atoms with Gasteiger partial charge in [0.1, 0.15) is 18.7 Å². The summed E-state index contributed by atoms with van der Waals surface area (Å²) < 4.78 is 7.53. The Labute approximate surface area is 156 Å². The van der Waals surface area contributed by atoms with Gasteiger partial charge in [0, 0.05) is 12.7 Å². The number of carbonyl (C=O) groups excluding carboxylic acids is 1. The zero-order valence-corrected chi connectivity index (χ0v) is 15.4. The average molecular weight is 368 g/mol. The molecule has 2 aromatic carbocycles. The summed E-state index contributed by atoms with van der Waals surface area (Å²) in [6, 6.07) is 17.3. The van der Waals surface area contributed by atoms with Crippen LogP contribution in [-0.4, -0.2) is 25.9 Å². The normalized spacial score (nSPS) is 11.8. The van der Waals surface area contributed by atoms with Crippen molar-refractivity contribution in [2.75, 3.05) is 5.32 Å². The summed E-state index contributed by atoms with van der Waals surface area (Å²) in [7, 11) is 1.85. The van der Waals surface area contributed by atoms with Gasteiger partial charge in [-0.3, -0.25) is 4.79 Å². The van der Waals surface area contributed by atoms with Crippen LogP contribution in [0.2, 0.25) is 0 Å². The molecule has 1 aromatic heterocycles. The number of hydrogen-bond acceptors (Lipinski definition) is 5. The van der Waals surface area contributed by atoms with Gasteiger partial charge in [-0.2, -0.15) is 0 Å². The molecule has 1 N–H and O–H groups in total. The first kappa shape index (κ1) is 18.0. The summed E-state index contributed by atoms with van der Waals surface area (Å²) in [6.45, 7) is 2.35. The molecule has 1 amide bonds. The van der Waals surface area contributed by atoms with Gasteiger partial charge in [0.25, 0.3) is 0 Å². The maximum atomic E-state index is 12.3. The predicted molar refractivity (Wildman–Crippen MR) is 102 cm³/mol. The van der Waals surface area contributed by atoms with Crippen molar-refractivity contribution >= 4 is 23.4 Å². The fourth-order valence-electron chi connectivity index (χ4n) is 2.21. The van der Waals surface area contributed by atoms with Gasteiger partial charge in [0.05, 0.1) is 5.25 Å². The van der Waals surface area contributed by atoms with Crippen LogP contribution in [0, 0.1) is 0 Å². The van der Waals surface area contributed by atoms with Crippen LogP contribution in [-0.2, 0) is 18.4 Å². The van der Waals surface area contributed by atoms with Crippen LogP contribution in [0.4, 0.5) is 5.69 Å². The second kappa shape index (κ2) is 8.53. The average Bonchev–Trinajstić information content (AvgIpc) is 3.06. The maximum Gasteiger partial charge on any atom is 0.237 e. The van der Waals surface area contributed by atoms with E-state index in [0.717, 1.165) is 17.0 Å². The van der Waals surface area contributed by atoms with Crippen molar-refractivity contribution in [3.05, 3.63) is 66.5 Å². The number of thioether (sulfide) groups is 1. The molecule has 0 fully saturated rings. The number of carbonyl (C=O) groups is 1. The van der Waals surface area contributed by atoms with Crippen LogP contribution < -0.4 is 10.1 Å². The summed E-state index contributed by atoms with van der Waals surface area (Å²) in [4.78, 5) is 12.3. The lowest BCUT2D eigenvalue weighted by Gasteiger charge is -2.12. The summed E-state index contributed by atoms with van der Waals surface area (Å²) in [5.41, 5.74) is 1.84. The Morgan fingerprint density at radius 1 is 1.19 bits per heavy atom. The first-order valence-corrected chi connectivity index (χ1v) is 9.08. The largest absolute Gasteiger partial charge is 0.489 e. The van der Waals surface area contributed by atoms with Gasteiger partial charge in [-0.05, 0) is 36.8 Å². The molecule has 0 aliphatic heterocycles. The Kier molecular flexibility index (Phi) is 5.91. The minimum Gasteiger partial charge on any atom is -0.489 e. The maximum absolute atomic E-state index is 12.3. The van der Waals surface area contributed by atoms with E-state index >= 15 is 0 Å². The Morgan fingerprint density at radius 2 is 1.92 bits per heavy atom. The topological polar surface area (TPSA) is 69.0 Å². The first-order chi connectivity index (χ1) is 12.6. The second-order valence-corrected chi connectivity index (χ2v) is 7.08. The van der Waals surface area contributed by atoms with Crippen molar-refractivity contribution in [2.24, 2.45) is 7.05 Å². The molecule has 26 heavy (non-hydrogen) atoms. The zero-order chi connectivity index (χ0) is 18.4. The van der Waals surface area contributed by atoms with Crippen molar-refractivity contribution in [2.45, 2.75) is 23.9 Å². The molecule has 6 nitrogen and oxygen atoms in total. The highest BCUT2D eigenvalue weighted by molar-refractivity contribution is 8.00. The van der Waals surface area contributed by atoms with E-state index in [1.54, 1.807) is 10.9 Å². The number of aryl methyl sites for hydroxylation is 1. The van der Waals surface area contributed by atoms with Crippen molar-refractivity contribution < 1.29 is 9.53 Å². The third-order valence-corrected chi connectivity index (χ3v) is 4.84. The molecule has 0 spiro atoms. The van der Waals surface area contributed by atoms with E-state index in [1.807, 2.05) is 68.6 Å². The van der Waals surface area contributed by atoms with Gasteiger partial charge in [-0.15, -0.1) is 10.2 Å². The number of rotatable bonds is 7. The Hall–Kier alpha value is -2.80. The third kappa shape index (κ3) is 4.86. The highest BCUT2D eigenvalue weighted by Gasteiger charge is 2.17. The van der Waals surface area contributed by atoms with E-state index in [9.17, 15) is 4.79 Å². The molecule has 1 atom stereocenters. The monoisotopic (exact) mass is 368 g/mol. The SMILES string of the molecule is CC(Sc1nncn1C)C(=O)Nc1ccc(OCc2ccccc2)cc1. The van der Waals surface area contributed by atoms with Crippen LogP contribution in [0.1, 0.15) is 12.5 Å². The van der Waals surface area contributed by atoms with Gasteiger partial charge in [-0.25, -0.2) is 0 Å². The first-order valence-electron chi connectivity index (χ1n) is 8.20. The molecule has 0 aliphatic rings. The molecular weight excluding hydrogens is 348 g/mol. The standard InChI is InChI=1S/C19H20N4O2S/c1-14(26-19-22-20-13-23(19)2)18(24)21-16-8-10-17(11-9-16)25-12-15-6-4-3-5-7-15/h3-11,13-14H,12H2,1-2H3,(H,21,24). The summed E-state index contributed by atoms with van der Waals surface area (Å²) in [5, 5.41) is 11.1. The molecule has 3 rings (SSSR count). The smallest absolute Gasteiger partial charge is 0.237 e. The van der Waals surface area contributed by atoms with E-state index in [4.69, 9.17) is 4.74 Å². The molecule has 0 aliphatic carbocycles. The van der Waals surface area contributed by atoms with Crippen LogP contribution in [0.25, 0.3) is 0 Å². The molecule has 0 bridgehead atoms. The van der Waals surface area contributed by atoms with Crippen molar-refractivity contribution in [3.8, 4) is 5.75 Å². The Balaban J connectivity index is 1.51. The van der Waals surface area contributed by atoms with E-state index in [1.165, 1.54) is 11.8 Å². The van der Waals surface area contributed by atoms with Crippen LogP contribution in [0.15, 0.2) is 66.1 Å². The molecular formula is C19H20N4O2S. The highest BCUT2D eigenvalue weighted by atomic mass is 32.2. The van der Waals surface area contributed by atoms with Crippen molar-refractivity contribution in [3.63, 3.8) is 0 Å². The van der Waals surface area contributed by atoms with Gasteiger partial charge in [-0.1, -0.05) is 42.1 Å². The lowest BCUT2D eigenvalue weighted by Crippen LogP contribution is -2.22. The molecule has 1 unspecified atom stereocenters. The number of aromatic nitrogens is 3.